The molecule has 0 spiro atoms. The van der Waals surface area contributed by atoms with Crippen LogP contribution in [-0.4, -0.2) is 5.11 Å². The Morgan fingerprint density at radius 2 is 1.80 bits per heavy atom. The first-order valence-electron chi connectivity index (χ1n) is 4.66. The number of nitrogens with two attached hydrogens (primary N) is 1. The lowest BCUT2D eigenvalue weighted by molar-refractivity contribution is 0.465. The van der Waals surface area contributed by atoms with Crippen LogP contribution in [0.3, 0.4) is 0 Å². The standard InChI is InChI=1S/C12H13NO.ClH/c1-8(13)12-10-5-3-2-4-9(10)6-7-11(12)14;/h2-8,14H,13H2,1H3;1H. The Kier molecular flexibility index (Phi) is 3.56. The van der Waals surface area contributed by atoms with E-state index in [-0.39, 0.29) is 24.2 Å². The van der Waals surface area contributed by atoms with Crippen LogP contribution in [-0.2, 0) is 0 Å². The Morgan fingerprint density at radius 1 is 1.13 bits per heavy atom. The number of phenols is 1. The van der Waals surface area contributed by atoms with Crippen LogP contribution in [0, 0.1) is 0 Å². The van der Waals surface area contributed by atoms with Crippen molar-refractivity contribution in [2.75, 3.05) is 0 Å². The molecule has 3 N–H and O–H groups in total. The van der Waals surface area contributed by atoms with Crippen molar-refractivity contribution in [3.05, 3.63) is 42.0 Å². The highest BCUT2D eigenvalue weighted by Crippen LogP contribution is 2.30. The third-order valence-corrected chi connectivity index (χ3v) is 2.40. The van der Waals surface area contributed by atoms with Crippen molar-refractivity contribution in [3.63, 3.8) is 0 Å². The molecular formula is C12H14ClNO. The van der Waals surface area contributed by atoms with E-state index in [0.29, 0.717) is 0 Å². The van der Waals surface area contributed by atoms with Gasteiger partial charge in [-0.25, -0.2) is 0 Å². The van der Waals surface area contributed by atoms with Crippen molar-refractivity contribution in [1.82, 2.24) is 0 Å². The fourth-order valence-corrected chi connectivity index (χ4v) is 1.76. The zero-order chi connectivity index (χ0) is 10.1. The number of halogens is 1. The first-order valence-corrected chi connectivity index (χ1v) is 4.66. The minimum Gasteiger partial charge on any atom is -0.508 e. The smallest absolute Gasteiger partial charge is 0.120 e. The van der Waals surface area contributed by atoms with Crippen molar-refractivity contribution in [2.45, 2.75) is 13.0 Å². The molecular weight excluding hydrogens is 210 g/mol. The molecule has 0 heterocycles. The van der Waals surface area contributed by atoms with E-state index in [1.165, 1.54) is 0 Å². The van der Waals surface area contributed by atoms with Gasteiger partial charge in [-0.15, -0.1) is 12.4 Å². The van der Waals surface area contributed by atoms with Crippen LogP contribution in [0.1, 0.15) is 18.5 Å². The van der Waals surface area contributed by atoms with E-state index in [1.54, 1.807) is 6.07 Å². The Labute approximate surface area is 95.1 Å². The number of hydrogen-bond acceptors (Lipinski definition) is 2. The lowest BCUT2D eigenvalue weighted by atomic mass is 9.99. The van der Waals surface area contributed by atoms with Gasteiger partial charge in [0.1, 0.15) is 5.75 Å². The molecule has 2 aromatic carbocycles. The summed E-state index contributed by atoms with van der Waals surface area (Å²) in [4.78, 5) is 0. The third-order valence-electron chi connectivity index (χ3n) is 2.40. The molecule has 15 heavy (non-hydrogen) atoms. The van der Waals surface area contributed by atoms with Gasteiger partial charge in [0.25, 0.3) is 0 Å². The molecule has 80 valence electrons. The fourth-order valence-electron chi connectivity index (χ4n) is 1.76. The number of aromatic hydroxyl groups is 1. The van der Waals surface area contributed by atoms with Crippen molar-refractivity contribution in [1.29, 1.82) is 0 Å². The van der Waals surface area contributed by atoms with Gasteiger partial charge in [-0.05, 0) is 23.8 Å². The van der Waals surface area contributed by atoms with Crippen LogP contribution in [0.25, 0.3) is 10.8 Å². The van der Waals surface area contributed by atoms with Crippen molar-refractivity contribution in [2.24, 2.45) is 5.73 Å². The van der Waals surface area contributed by atoms with Crippen molar-refractivity contribution < 1.29 is 5.11 Å². The predicted octanol–water partition coefficient (Wildman–Crippen LogP) is 2.99. The van der Waals surface area contributed by atoms with Gasteiger partial charge in [0.2, 0.25) is 0 Å². The summed E-state index contributed by atoms with van der Waals surface area (Å²) < 4.78 is 0. The van der Waals surface area contributed by atoms with E-state index < -0.39 is 0 Å². The molecule has 1 atom stereocenters. The molecule has 0 bridgehead atoms. The van der Waals surface area contributed by atoms with Crippen LogP contribution in [0.2, 0.25) is 0 Å². The molecule has 1 unspecified atom stereocenters. The van der Waals surface area contributed by atoms with E-state index >= 15 is 0 Å². The fraction of sp³-hybridized carbons (Fsp3) is 0.167. The molecule has 2 aromatic rings. The molecule has 0 saturated heterocycles. The maximum Gasteiger partial charge on any atom is 0.120 e. The summed E-state index contributed by atoms with van der Waals surface area (Å²) in [5.41, 5.74) is 6.64. The van der Waals surface area contributed by atoms with Crippen molar-refractivity contribution >= 4 is 23.2 Å². The summed E-state index contributed by atoms with van der Waals surface area (Å²) >= 11 is 0. The van der Waals surface area contributed by atoms with E-state index in [4.69, 9.17) is 5.73 Å². The Morgan fingerprint density at radius 3 is 2.47 bits per heavy atom. The number of fused-ring (bicyclic) bond motifs is 1. The van der Waals surface area contributed by atoms with E-state index in [9.17, 15) is 5.11 Å². The van der Waals surface area contributed by atoms with Gasteiger partial charge >= 0.3 is 0 Å². The molecule has 0 amide bonds. The van der Waals surface area contributed by atoms with Gasteiger partial charge in [0, 0.05) is 11.6 Å². The summed E-state index contributed by atoms with van der Waals surface area (Å²) in [7, 11) is 0. The molecule has 0 radical (unpaired) electrons. The van der Waals surface area contributed by atoms with Crippen LogP contribution < -0.4 is 5.73 Å². The second-order valence-corrected chi connectivity index (χ2v) is 3.51. The first-order chi connectivity index (χ1) is 6.70. The minimum absolute atomic E-state index is 0. The quantitative estimate of drug-likeness (QED) is 0.781. The lowest BCUT2D eigenvalue weighted by Gasteiger charge is -2.11. The summed E-state index contributed by atoms with van der Waals surface area (Å²) in [5, 5.41) is 11.8. The number of phenolic OH excluding ortho intramolecular Hbond substituents is 1. The normalized spacial score (nSPS) is 12.1. The largest absolute Gasteiger partial charge is 0.508 e. The van der Waals surface area contributed by atoms with Gasteiger partial charge in [-0.3, -0.25) is 0 Å². The highest BCUT2D eigenvalue weighted by atomic mass is 35.5. The number of benzene rings is 2. The molecule has 0 fully saturated rings. The molecule has 2 nitrogen and oxygen atoms in total. The van der Waals surface area contributed by atoms with Crippen LogP contribution >= 0.6 is 12.4 Å². The third kappa shape index (κ3) is 2.06. The van der Waals surface area contributed by atoms with Crippen LogP contribution in [0.5, 0.6) is 5.75 Å². The molecule has 0 aliphatic rings. The molecule has 0 aliphatic heterocycles. The van der Waals surface area contributed by atoms with Crippen molar-refractivity contribution in [3.8, 4) is 5.75 Å². The molecule has 3 heteroatoms. The molecule has 2 rings (SSSR count). The molecule has 0 aliphatic carbocycles. The second-order valence-electron chi connectivity index (χ2n) is 3.51. The maximum atomic E-state index is 9.70. The summed E-state index contributed by atoms with van der Waals surface area (Å²) in [6.45, 7) is 1.88. The van der Waals surface area contributed by atoms with Gasteiger partial charge in [-0.2, -0.15) is 0 Å². The first kappa shape index (κ1) is 11.8. The summed E-state index contributed by atoms with van der Waals surface area (Å²) in [5.74, 6) is 0.277. The van der Waals surface area contributed by atoms with E-state index in [1.807, 2.05) is 37.3 Å². The average molecular weight is 224 g/mol. The number of hydrogen-bond donors (Lipinski definition) is 2. The van der Waals surface area contributed by atoms with Gasteiger partial charge in [0.05, 0.1) is 0 Å². The number of rotatable bonds is 1. The van der Waals surface area contributed by atoms with Gasteiger partial charge in [-0.1, -0.05) is 30.3 Å². The Balaban J connectivity index is 0.00000112. The highest BCUT2D eigenvalue weighted by Gasteiger charge is 2.09. The summed E-state index contributed by atoms with van der Waals surface area (Å²) in [6, 6.07) is 11.4. The summed E-state index contributed by atoms with van der Waals surface area (Å²) in [6.07, 6.45) is 0. The topological polar surface area (TPSA) is 46.2 Å². The predicted molar refractivity (Wildman–Crippen MR) is 65.5 cm³/mol. The molecule has 0 saturated carbocycles. The zero-order valence-electron chi connectivity index (χ0n) is 8.47. The lowest BCUT2D eigenvalue weighted by Crippen LogP contribution is -2.05. The van der Waals surface area contributed by atoms with Gasteiger partial charge < -0.3 is 10.8 Å². The van der Waals surface area contributed by atoms with E-state index in [2.05, 4.69) is 0 Å². The van der Waals surface area contributed by atoms with Gasteiger partial charge in [0.15, 0.2) is 0 Å². The zero-order valence-corrected chi connectivity index (χ0v) is 9.29. The van der Waals surface area contributed by atoms with Crippen LogP contribution in [0.4, 0.5) is 0 Å². The second kappa shape index (κ2) is 4.51. The average Bonchev–Trinajstić information content (AvgIpc) is 2.17. The molecule has 0 aromatic heterocycles. The highest BCUT2D eigenvalue weighted by molar-refractivity contribution is 5.88. The Hall–Kier alpha value is -1.25. The monoisotopic (exact) mass is 223 g/mol. The van der Waals surface area contributed by atoms with E-state index in [0.717, 1.165) is 16.3 Å². The Bertz CT molecular complexity index is 468. The minimum atomic E-state index is -0.152. The maximum absolute atomic E-state index is 9.70. The van der Waals surface area contributed by atoms with Crippen LogP contribution in [0.15, 0.2) is 36.4 Å². The SMILES string of the molecule is CC(N)c1c(O)ccc2ccccc12.Cl.